The molecule has 30 heavy (non-hydrogen) atoms. The topological polar surface area (TPSA) is 47.6 Å². The van der Waals surface area contributed by atoms with Crippen LogP contribution < -0.4 is 15.7 Å². The lowest BCUT2D eigenvalue weighted by molar-refractivity contribution is 0.171. The van der Waals surface area contributed by atoms with Gasteiger partial charge in [-0.15, -0.1) is 0 Å². The van der Waals surface area contributed by atoms with Gasteiger partial charge in [-0.05, 0) is 21.8 Å². The second kappa shape index (κ2) is 10.9. The molecule has 0 saturated carbocycles. The van der Waals surface area contributed by atoms with E-state index in [0.29, 0.717) is 19.6 Å². The molecule has 2 aromatic rings. The van der Waals surface area contributed by atoms with Crippen molar-refractivity contribution in [3.63, 3.8) is 0 Å². The molecule has 1 N–H and O–H groups in total. The lowest BCUT2D eigenvalue weighted by Gasteiger charge is -2.42. The van der Waals surface area contributed by atoms with Crippen LogP contribution in [0.4, 0.5) is 4.79 Å². The van der Waals surface area contributed by atoms with E-state index in [1.165, 1.54) is 17.5 Å². The molecule has 1 amide bonds. The van der Waals surface area contributed by atoms with Crippen LogP contribution in [-0.4, -0.2) is 34.7 Å². The van der Waals surface area contributed by atoms with Gasteiger partial charge in [0.05, 0.1) is 13.7 Å². The molecule has 0 spiro atoms. The number of methoxy groups -OCH3 is 1. The van der Waals surface area contributed by atoms with Gasteiger partial charge in [0.2, 0.25) is 0 Å². The lowest BCUT2D eigenvalue weighted by atomic mass is 10.2. The van der Waals surface area contributed by atoms with Crippen LogP contribution >= 0.6 is 0 Å². The van der Waals surface area contributed by atoms with Gasteiger partial charge in [-0.25, -0.2) is 4.79 Å². The summed E-state index contributed by atoms with van der Waals surface area (Å²) in [6.07, 6.45) is 4.21. The number of hydrogen-bond donors (Lipinski definition) is 1. The molecule has 0 radical (unpaired) electrons. The van der Waals surface area contributed by atoms with Crippen molar-refractivity contribution >= 4 is 24.8 Å². The summed E-state index contributed by atoms with van der Waals surface area (Å²) in [6.45, 7) is 11.8. The minimum Gasteiger partial charge on any atom is -0.453 e. The number of nitrogens with one attached hydrogen (secondary N) is 1. The predicted octanol–water partition coefficient (Wildman–Crippen LogP) is 4.42. The fraction of sp³-hybridized carbons (Fsp3) is 0.320. The molecule has 2 aromatic carbocycles. The molecule has 0 bridgehead atoms. The zero-order chi connectivity index (χ0) is 22.0. The number of rotatable bonds is 9. The lowest BCUT2D eigenvalue weighted by Crippen LogP contribution is -2.66. The summed E-state index contributed by atoms with van der Waals surface area (Å²) in [7, 11) is -1.17. The molecule has 4 nitrogen and oxygen atoms in total. The van der Waals surface area contributed by atoms with Crippen molar-refractivity contribution < 1.29 is 14.0 Å². The van der Waals surface area contributed by atoms with Crippen molar-refractivity contribution in [3.05, 3.63) is 85.0 Å². The van der Waals surface area contributed by atoms with E-state index in [2.05, 4.69) is 85.9 Å². The van der Waals surface area contributed by atoms with E-state index in [4.69, 9.17) is 4.43 Å². The third-order valence-electron chi connectivity index (χ3n) is 5.07. The molecule has 0 aliphatic rings. The Labute approximate surface area is 181 Å². The third-order valence-corrected chi connectivity index (χ3v) is 10.1. The normalized spacial score (nSPS) is 12.0. The quantitative estimate of drug-likeness (QED) is 0.480. The Balaban J connectivity index is 2.19. The maximum Gasteiger partial charge on any atom is 0.406 e. The summed E-state index contributed by atoms with van der Waals surface area (Å²) in [5.74, 6) is 0. The maximum atomic E-state index is 11.1. The number of hydrogen-bond acceptors (Lipinski definition) is 3. The summed E-state index contributed by atoms with van der Waals surface area (Å²) in [5.41, 5.74) is 0.928. The highest BCUT2D eigenvalue weighted by Gasteiger charge is 2.49. The second-order valence-electron chi connectivity index (χ2n) is 8.20. The van der Waals surface area contributed by atoms with Crippen molar-refractivity contribution in [2.24, 2.45) is 0 Å². The molecule has 0 unspecified atom stereocenters. The van der Waals surface area contributed by atoms with Crippen LogP contribution in [0.15, 0.2) is 85.0 Å². The Morgan fingerprint density at radius 2 is 1.57 bits per heavy atom. The van der Waals surface area contributed by atoms with Gasteiger partial charge in [0.15, 0.2) is 0 Å². The van der Waals surface area contributed by atoms with Crippen molar-refractivity contribution in [2.75, 3.05) is 20.3 Å². The van der Waals surface area contributed by atoms with Gasteiger partial charge < -0.3 is 14.5 Å². The predicted molar refractivity (Wildman–Crippen MR) is 127 cm³/mol. The van der Waals surface area contributed by atoms with E-state index in [1.807, 2.05) is 24.3 Å². The fourth-order valence-corrected chi connectivity index (χ4v) is 8.13. The molecule has 0 aromatic heterocycles. The van der Waals surface area contributed by atoms with E-state index in [-0.39, 0.29) is 5.04 Å². The SMILES string of the molecule is C=C(/C=C\CO[Si](c1ccccc1)(c1ccccc1)C(C)(C)C)CCNC(=O)OC. The molecular formula is C25H33NO3Si. The Morgan fingerprint density at radius 3 is 2.03 bits per heavy atom. The van der Waals surface area contributed by atoms with Gasteiger partial charge in [-0.2, -0.15) is 0 Å². The zero-order valence-electron chi connectivity index (χ0n) is 18.5. The Kier molecular flexibility index (Phi) is 8.63. The van der Waals surface area contributed by atoms with Gasteiger partial charge in [0.1, 0.15) is 0 Å². The molecule has 0 aliphatic carbocycles. The monoisotopic (exact) mass is 423 g/mol. The smallest absolute Gasteiger partial charge is 0.406 e. The highest BCUT2D eigenvalue weighted by Crippen LogP contribution is 2.36. The standard InChI is InChI=1S/C25H33NO3Si/c1-21(18-19-26-24(27)28-5)13-12-20-29-30(25(2,3)4,22-14-8-6-9-15-22)23-16-10-7-11-17-23/h6-17H,1,18-20H2,2-5H3,(H,26,27)/b13-12-. The molecule has 0 aliphatic heterocycles. The zero-order valence-corrected chi connectivity index (χ0v) is 19.5. The minimum atomic E-state index is -2.52. The minimum absolute atomic E-state index is 0.0506. The number of carbonyl (C=O) groups is 1. The van der Waals surface area contributed by atoms with E-state index in [9.17, 15) is 4.79 Å². The Hall–Kier alpha value is -2.63. The average Bonchev–Trinajstić information content (AvgIpc) is 2.74. The molecule has 0 fully saturated rings. The van der Waals surface area contributed by atoms with E-state index in [1.54, 1.807) is 0 Å². The first-order valence-electron chi connectivity index (χ1n) is 10.2. The van der Waals surface area contributed by atoms with Crippen LogP contribution in [0.1, 0.15) is 27.2 Å². The molecule has 0 atom stereocenters. The van der Waals surface area contributed by atoms with E-state index in [0.717, 1.165) is 5.57 Å². The number of ether oxygens (including phenoxy) is 1. The number of amides is 1. The van der Waals surface area contributed by atoms with Crippen molar-refractivity contribution in [1.29, 1.82) is 0 Å². The van der Waals surface area contributed by atoms with Crippen LogP contribution in [0.3, 0.4) is 0 Å². The van der Waals surface area contributed by atoms with E-state index >= 15 is 0 Å². The highest BCUT2D eigenvalue weighted by molar-refractivity contribution is 6.99. The summed E-state index contributed by atoms with van der Waals surface area (Å²) in [5, 5.41) is 5.13. The van der Waals surface area contributed by atoms with E-state index < -0.39 is 14.4 Å². The molecular weight excluding hydrogens is 390 g/mol. The molecule has 0 saturated heterocycles. The summed E-state index contributed by atoms with van der Waals surface area (Å²) >= 11 is 0. The van der Waals surface area contributed by atoms with Crippen molar-refractivity contribution in [3.8, 4) is 0 Å². The summed E-state index contributed by atoms with van der Waals surface area (Å²) in [6, 6.07) is 21.2. The van der Waals surface area contributed by atoms with Crippen LogP contribution in [0, 0.1) is 0 Å². The number of carbonyl (C=O) groups excluding carboxylic acids is 1. The van der Waals surface area contributed by atoms with Gasteiger partial charge in [-0.3, -0.25) is 0 Å². The van der Waals surface area contributed by atoms with Gasteiger partial charge in [-0.1, -0.05) is 106 Å². The molecule has 0 heterocycles. The number of benzene rings is 2. The number of alkyl carbamates (subject to hydrolysis) is 1. The third kappa shape index (κ3) is 5.94. The van der Waals surface area contributed by atoms with Crippen LogP contribution in [0.5, 0.6) is 0 Å². The highest BCUT2D eigenvalue weighted by atomic mass is 28.4. The van der Waals surface area contributed by atoms with Crippen LogP contribution in [-0.2, 0) is 9.16 Å². The Morgan fingerprint density at radius 1 is 1.03 bits per heavy atom. The second-order valence-corrected chi connectivity index (χ2v) is 12.5. The van der Waals surface area contributed by atoms with Gasteiger partial charge >= 0.3 is 6.09 Å². The summed E-state index contributed by atoms with van der Waals surface area (Å²) in [4.78, 5) is 11.1. The molecule has 2 rings (SSSR count). The maximum absolute atomic E-state index is 11.1. The molecule has 160 valence electrons. The first-order chi connectivity index (χ1) is 14.3. The van der Waals surface area contributed by atoms with Crippen LogP contribution in [0.2, 0.25) is 5.04 Å². The summed E-state index contributed by atoms with van der Waals surface area (Å²) < 4.78 is 11.4. The van der Waals surface area contributed by atoms with Crippen molar-refractivity contribution in [1.82, 2.24) is 5.32 Å². The first kappa shape index (κ1) is 23.6. The first-order valence-corrected chi connectivity index (χ1v) is 12.1. The largest absolute Gasteiger partial charge is 0.453 e. The van der Waals surface area contributed by atoms with Crippen molar-refractivity contribution in [2.45, 2.75) is 32.2 Å². The number of allylic oxidation sites excluding steroid dienone is 1. The fourth-order valence-electron chi connectivity index (χ4n) is 3.63. The van der Waals surface area contributed by atoms with Gasteiger partial charge in [0, 0.05) is 6.54 Å². The average molecular weight is 424 g/mol. The van der Waals surface area contributed by atoms with Gasteiger partial charge in [0.25, 0.3) is 8.32 Å². The molecule has 5 heteroatoms. The van der Waals surface area contributed by atoms with Crippen LogP contribution in [0.25, 0.3) is 0 Å². The Bertz CT molecular complexity index is 802.